The predicted molar refractivity (Wildman–Crippen MR) is 86.6 cm³/mol. The number of amides is 1. The Bertz CT molecular complexity index is 636. The van der Waals surface area contributed by atoms with E-state index in [1.807, 2.05) is 4.90 Å². The number of nitrogens with zero attached hydrogens (tertiary/aromatic N) is 2. The van der Waals surface area contributed by atoms with Crippen molar-refractivity contribution in [3.63, 3.8) is 0 Å². The van der Waals surface area contributed by atoms with Crippen molar-refractivity contribution >= 4 is 11.6 Å². The van der Waals surface area contributed by atoms with E-state index in [0.717, 1.165) is 19.5 Å². The minimum absolute atomic E-state index is 0.0500. The Morgan fingerprint density at radius 3 is 2.61 bits per heavy atom. The summed E-state index contributed by atoms with van der Waals surface area (Å²) in [6.45, 7) is 7.56. The summed E-state index contributed by atoms with van der Waals surface area (Å²) in [5.41, 5.74) is -0.129. The molecule has 2 aliphatic rings. The Morgan fingerprint density at radius 2 is 1.96 bits per heavy atom. The zero-order valence-electron chi connectivity index (χ0n) is 13.9. The molecule has 23 heavy (non-hydrogen) atoms. The number of halogens is 1. The van der Waals surface area contributed by atoms with Crippen LogP contribution in [0.2, 0.25) is 0 Å². The second-order valence-electron chi connectivity index (χ2n) is 7.17. The van der Waals surface area contributed by atoms with E-state index in [2.05, 4.69) is 19.0 Å². The van der Waals surface area contributed by atoms with Crippen LogP contribution >= 0.6 is 0 Å². The summed E-state index contributed by atoms with van der Waals surface area (Å²) < 4.78 is 13.9. The minimum Gasteiger partial charge on any atom is -0.379 e. The van der Waals surface area contributed by atoms with Crippen molar-refractivity contribution in [3.8, 4) is 0 Å². The second kappa shape index (κ2) is 5.95. The number of carbonyl (C=O) groups is 1. The molecule has 0 N–H and O–H groups in total. The van der Waals surface area contributed by atoms with Crippen LogP contribution in [0, 0.1) is 17.7 Å². The molecular formula is C18H23FN2O2. The van der Waals surface area contributed by atoms with Gasteiger partial charge in [-0.05, 0) is 31.2 Å². The highest BCUT2D eigenvalue weighted by molar-refractivity contribution is 6.05. The van der Waals surface area contributed by atoms with Gasteiger partial charge in [0.1, 0.15) is 5.82 Å². The predicted octanol–water partition coefficient (Wildman–Crippen LogP) is 3.21. The molecule has 1 aromatic rings. The lowest BCUT2D eigenvalue weighted by Gasteiger charge is -2.38. The number of hydrogen-bond acceptors (Lipinski definition) is 3. The SMILES string of the molecule is CC1CC(C)CN(C(=O)C2(C)CC(c3ccccc3F)=NO2)C1. The molecular weight excluding hydrogens is 295 g/mol. The van der Waals surface area contributed by atoms with Gasteiger partial charge in [0.2, 0.25) is 5.60 Å². The van der Waals surface area contributed by atoms with Crippen LogP contribution in [0.5, 0.6) is 0 Å². The lowest BCUT2D eigenvalue weighted by molar-refractivity contribution is -0.156. The van der Waals surface area contributed by atoms with E-state index < -0.39 is 5.60 Å². The molecule has 1 fully saturated rings. The number of hydrogen-bond donors (Lipinski definition) is 0. The van der Waals surface area contributed by atoms with Crippen LogP contribution in [0.15, 0.2) is 29.4 Å². The third-order valence-electron chi connectivity index (χ3n) is 4.66. The third kappa shape index (κ3) is 3.09. The van der Waals surface area contributed by atoms with Crippen molar-refractivity contribution < 1.29 is 14.0 Å². The van der Waals surface area contributed by atoms with Gasteiger partial charge in [0.25, 0.3) is 5.91 Å². The van der Waals surface area contributed by atoms with Gasteiger partial charge in [-0.1, -0.05) is 37.2 Å². The smallest absolute Gasteiger partial charge is 0.269 e. The summed E-state index contributed by atoms with van der Waals surface area (Å²) in [6, 6.07) is 6.45. The molecule has 3 rings (SSSR count). The van der Waals surface area contributed by atoms with E-state index in [9.17, 15) is 9.18 Å². The van der Waals surface area contributed by atoms with Crippen molar-refractivity contribution in [2.45, 2.75) is 39.2 Å². The number of piperidine rings is 1. The molecule has 124 valence electrons. The molecule has 2 heterocycles. The van der Waals surface area contributed by atoms with Crippen LogP contribution in [0.4, 0.5) is 4.39 Å². The first-order valence-corrected chi connectivity index (χ1v) is 8.18. The molecule has 3 atom stereocenters. The van der Waals surface area contributed by atoms with Gasteiger partial charge in [0, 0.05) is 25.1 Å². The fraction of sp³-hybridized carbons (Fsp3) is 0.556. The summed E-state index contributed by atoms with van der Waals surface area (Å²) in [7, 11) is 0. The minimum atomic E-state index is -1.03. The maximum absolute atomic E-state index is 13.9. The Hall–Kier alpha value is -1.91. The first-order valence-electron chi connectivity index (χ1n) is 8.18. The largest absolute Gasteiger partial charge is 0.379 e. The topological polar surface area (TPSA) is 41.9 Å². The summed E-state index contributed by atoms with van der Waals surface area (Å²) >= 11 is 0. The number of carbonyl (C=O) groups excluding carboxylic acids is 1. The van der Waals surface area contributed by atoms with Gasteiger partial charge >= 0.3 is 0 Å². The second-order valence-corrected chi connectivity index (χ2v) is 7.17. The van der Waals surface area contributed by atoms with Crippen molar-refractivity contribution in [2.24, 2.45) is 17.0 Å². The van der Waals surface area contributed by atoms with Crippen LogP contribution in [0.25, 0.3) is 0 Å². The average molecular weight is 318 g/mol. The summed E-state index contributed by atoms with van der Waals surface area (Å²) in [6.07, 6.45) is 1.43. The molecule has 0 aliphatic carbocycles. The highest BCUT2D eigenvalue weighted by Gasteiger charge is 2.46. The van der Waals surface area contributed by atoms with Gasteiger partial charge in [0.15, 0.2) is 0 Å². The zero-order chi connectivity index (χ0) is 16.6. The highest BCUT2D eigenvalue weighted by Crippen LogP contribution is 2.31. The Balaban J connectivity index is 1.75. The number of oxime groups is 1. The normalized spacial score (nSPS) is 30.8. The standard InChI is InChI=1S/C18H23FN2O2/c1-12-8-13(2)11-21(10-12)17(22)18(3)9-16(20-23-18)14-6-4-5-7-15(14)19/h4-7,12-13H,8-11H2,1-3H3. The first-order chi connectivity index (χ1) is 10.9. The van der Waals surface area contributed by atoms with E-state index in [-0.39, 0.29) is 11.7 Å². The number of benzene rings is 1. The van der Waals surface area contributed by atoms with Gasteiger partial charge in [-0.2, -0.15) is 0 Å². The number of rotatable bonds is 2. The third-order valence-corrected chi connectivity index (χ3v) is 4.66. The summed E-state index contributed by atoms with van der Waals surface area (Å²) in [4.78, 5) is 20.3. The lowest BCUT2D eigenvalue weighted by atomic mass is 9.89. The van der Waals surface area contributed by atoms with E-state index in [1.165, 1.54) is 6.07 Å². The van der Waals surface area contributed by atoms with Crippen LogP contribution in [-0.4, -0.2) is 35.2 Å². The quantitative estimate of drug-likeness (QED) is 0.840. The van der Waals surface area contributed by atoms with Crippen LogP contribution in [0.1, 0.15) is 39.2 Å². The average Bonchev–Trinajstić information content (AvgIpc) is 2.89. The van der Waals surface area contributed by atoms with Crippen LogP contribution in [0.3, 0.4) is 0 Å². The lowest BCUT2D eigenvalue weighted by Crippen LogP contribution is -2.52. The highest BCUT2D eigenvalue weighted by atomic mass is 19.1. The Kier molecular flexibility index (Phi) is 4.13. The molecule has 4 nitrogen and oxygen atoms in total. The van der Waals surface area contributed by atoms with Crippen LogP contribution < -0.4 is 0 Å². The molecule has 1 amide bonds. The molecule has 1 aromatic carbocycles. The van der Waals surface area contributed by atoms with E-state index in [1.54, 1.807) is 25.1 Å². The summed E-state index contributed by atoms with van der Waals surface area (Å²) in [5, 5.41) is 4.00. The molecule has 0 saturated carbocycles. The Morgan fingerprint density at radius 1 is 1.30 bits per heavy atom. The van der Waals surface area contributed by atoms with E-state index >= 15 is 0 Å². The molecule has 3 unspecified atom stereocenters. The van der Waals surface area contributed by atoms with Crippen molar-refractivity contribution in [1.29, 1.82) is 0 Å². The van der Waals surface area contributed by atoms with E-state index in [4.69, 9.17) is 4.84 Å². The molecule has 0 radical (unpaired) electrons. The van der Waals surface area contributed by atoms with Gasteiger partial charge in [-0.25, -0.2) is 4.39 Å². The first kappa shape index (κ1) is 16.0. The van der Waals surface area contributed by atoms with Crippen molar-refractivity contribution in [3.05, 3.63) is 35.6 Å². The molecule has 0 aromatic heterocycles. The molecule has 0 bridgehead atoms. The van der Waals surface area contributed by atoms with Gasteiger partial charge in [-0.3, -0.25) is 4.79 Å². The monoisotopic (exact) mass is 318 g/mol. The zero-order valence-corrected chi connectivity index (χ0v) is 13.9. The van der Waals surface area contributed by atoms with Gasteiger partial charge in [0.05, 0.1) is 5.71 Å². The fourth-order valence-electron chi connectivity index (χ4n) is 3.66. The van der Waals surface area contributed by atoms with Crippen LogP contribution in [-0.2, 0) is 9.63 Å². The maximum atomic E-state index is 13.9. The molecule has 5 heteroatoms. The van der Waals surface area contributed by atoms with E-state index in [0.29, 0.717) is 29.5 Å². The van der Waals surface area contributed by atoms with Gasteiger partial charge < -0.3 is 9.74 Å². The molecule has 1 saturated heterocycles. The molecule has 2 aliphatic heterocycles. The maximum Gasteiger partial charge on any atom is 0.269 e. The van der Waals surface area contributed by atoms with Crippen molar-refractivity contribution in [2.75, 3.05) is 13.1 Å². The fourth-order valence-corrected chi connectivity index (χ4v) is 3.66. The number of likely N-dealkylation sites (tertiary alicyclic amines) is 1. The van der Waals surface area contributed by atoms with Crippen molar-refractivity contribution in [1.82, 2.24) is 4.90 Å². The Labute approximate surface area is 136 Å². The van der Waals surface area contributed by atoms with Gasteiger partial charge in [-0.15, -0.1) is 0 Å². The summed E-state index contributed by atoms with van der Waals surface area (Å²) in [5.74, 6) is 0.581. The molecule has 0 spiro atoms.